The third-order valence-electron chi connectivity index (χ3n) is 11.0. The number of pyridine rings is 1. The molecule has 0 spiro atoms. The highest BCUT2D eigenvalue weighted by molar-refractivity contribution is 6.04. The standard InChI is InChI=1S/C39H45F2N5O5/c1-4-6-16-46(23-47)36-32-35(33(41)34(42-37(32)49-3)28-20-25(48)19-24-12-13-29(40)27(5-2)31(24)28)43-38(44-36)51-22-39-14-7-11-30(39)45(17-9-15-39)21-26-10-8-18-50-26/h2,12-13,19-20,26,30,47-48H,4,6-11,14-18,21-23H2,1,3H3. The van der Waals surface area contributed by atoms with Crippen molar-refractivity contribution < 1.29 is 33.2 Å². The third kappa shape index (κ3) is 6.52. The minimum atomic E-state index is -0.857. The fraction of sp³-hybridized carbons (Fsp3) is 0.513. The van der Waals surface area contributed by atoms with Gasteiger partial charge in [0.25, 0.3) is 0 Å². The molecule has 3 atom stereocenters. The quantitative estimate of drug-likeness (QED) is 0.124. The highest BCUT2D eigenvalue weighted by Crippen LogP contribution is 2.49. The van der Waals surface area contributed by atoms with Gasteiger partial charge in [-0.05, 0) is 75.1 Å². The minimum Gasteiger partial charge on any atom is -0.508 e. The average Bonchev–Trinajstić information content (AvgIpc) is 3.82. The van der Waals surface area contributed by atoms with Gasteiger partial charge in [-0.2, -0.15) is 9.97 Å². The summed E-state index contributed by atoms with van der Waals surface area (Å²) in [4.78, 5) is 18.2. The van der Waals surface area contributed by atoms with Crippen molar-refractivity contribution in [2.75, 3.05) is 51.6 Å². The summed E-state index contributed by atoms with van der Waals surface area (Å²) in [5.41, 5.74) is -0.513. The fourth-order valence-electron chi connectivity index (χ4n) is 8.56. The van der Waals surface area contributed by atoms with Gasteiger partial charge >= 0.3 is 6.01 Å². The smallest absolute Gasteiger partial charge is 0.319 e. The number of piperidine rings is 1. The molecule has 2 aromatic heterocycles. The molecule has 0 radical (unpaired) electrons. The normalized spacial score (nSPS) is 22.0. The van der Waals surface area contributed by atoms with Gasteiger partial charge in [0.1, 0.15) is 34.9 Å². The third-order valence-corrected chi connectivity index (χ3v) is 11.0. The van der Waals surface area contributed by atoms with Gasteiger partial charge in [-0.25, -0.2) is 13.8 Å². The number of aliphatic hydroxyl groups is 1. The molecule has 1 saturated carbocycles. The molecule has 12 heteroatoms. The van der Waals surface area contributed by atoms with Gasteiger partial charge in [-0.3, -0.25) is 4.90 Å². The van der Waals surface area contributed by atoms with Crippen LogP contribution in [-0.4, -0.2) is 88.9 Å². The summed E-state index contributed by atoms with van der Waals surface area (Å²) in [7, 11) is 1.39. The summed E-state index contributed by atoms with van der Waals surface area (Å²) in [6.45, 7) is 5.19. The van der Waals surface area contributed by atoms with Crippen molar-refractivity contribution in [1.29, 1.82) is 0 Å². The van der Waals surface area contributed by atoms with E-state index in [0.29, 0.717) is 24.6 Å². The second kappa shape index (κ2) is 14.7. The number of terminal acetylenes is 1. The lowest BCUT2D eigenvalue weighted by molar-refractivity contribution is -0.0252. The summed E-state index contributed by atoms with van der Waals surface area (Å²) in [5.74, 6) is 0.877. The number of phenols is 1. The maximum atomic E-state index is 17.1. The number of anilines is 1. The number of halogens is 2. The minimum absolute atomic E-state index is 0.0143. The number of aromatic nitrogens is 3. The van der Waals surface area contributed by atoms with Crippen LogP contribution in [0.5, 0.6) is 17.6 Å². The van der Waals surface area contributed by atoms with Crippen molar-refractivity contribution in [1.82, 2.24) is 19.9 Å². The number of methoxy groups -OCH3 is 1. The summed E-state index contributed by atoms with van der Waals surface area (Å²) in [6.07, 6.45) is 15.0. The summed E-state index contributed by atoms with van der Waals surface area (Å²) in [6, 6.07) is 5.70. The van der Waals surface area contributed by atoms with Gasteiger partial charge in [0, 0.05) is 42.1 Å². The van der Waals surface area contributed by atoms with Crippen molar-refractivity contribution >= 4 is 27.5 Å². The number of fused-ring (bicyclic) bond motifs is 3. The van der Waals surface area contributed by atoms with Gasteiger partial charge in [-0.15, -0.1) is 6.42 Å². The maximum Gasteiger partial charge on any atom is 0.319 e. The number of hydrogen-bond donors (Lipinski definition) is 2. The van der Waals surface area contributed by atoms with Gasteiger partial charge < -0.3 is 29.3 Å². The van der Waals surface area contributed by atoms with Crippen LogP contribution in [0.1, 0.15) is 70.3 Å². The van der Waals surface area contributed by atoms with E-state index in [1.165, 1.54) is 31.4 Å². The second-order valence-electron chi connectivity index (χ2n) is 14.0. The lowest BCUT2D eigenvalue weighted by Crippen LogP contribution is -2.53. The molecule has 3 fully saturated rings. The second-order valence-corrected chi connectivity index (χ2v) is 14.0. The Bertz CT molecular complexity index is 1970. The number of nitrogens with zero attached hydrogens (tertiary/aromatic N) is 5. The number of phenolic OH excluding ortho intramolecular Hbond substituents is 1. The molecule has 51 heavy (non-hydrogen) atoms. The molecule has 1 aliphatic carbocycles. The number of aliphatic hydroxyl groups excluding tert-OH is 1. The Labute approximate surface area is 296 Å². The number of rotatable bonds is 12. The van der Waals surface area contributed by atoms with Crippen molar-refractivity contribution in [2.24, 2.45) is 5.41 Å². The van der Waals surface area contributed by atoms with E-state index < -0.39 is 18.4 Å². The molecule has 4 aromatic rings. The predicted octanol–water partition coefficient (Wildman–Crippen LogP) is 6.57. The average molecular weight is 702 g/mol. The van der Waals surface area contributed by atoms with Crippen LogP contribution in [0.4, 0.5) is 14.6 Å². The van der Waals surface area contributed by atoms with Crippen molar-refractivity contribution in [3.63, 3.8) is 0 Å². The van der Waals surface area contributed by atoms with Crippen LogP contribution < -0.4 is 14.4 Å². The topological polar surface area (TPSA) is 113 Å². The van der Waals surface area contributed by atoms with Crippen LogP contribution in [0, 0.1) is 29.4 Å². The van der Waals surface area contributed by atoms with Crippen molar-refractivity contribution in [3.05, 3.63) is 41.5 Å². The van der Waals surface area contributed by atoms with Gasteiger partial charge in [0.05, 0.1) is 25.4 Å². The Hall–Kier alpha value is -4.31. The molecular formula is C39H45F2N5O5. The zero-order chi connectivity index (χ0) is 35.7. The van der Waals surface area contributed by atoms with Gasteiger partial charge in [0.15, 0.2) is 11.6 Å². The van der Waals surface area contributed by atoms with E-state index in [9.17, 15) is 14.6 Å². The van der Waals surface area contributed by atoms with E-state index in [0.717, 1.165) is 77.5 Å². The largest absolute Gasteiger partial charge is 0.508 e. The van der Waals surface area contributed by atoms with Gasteiger partial charge in [0.2, 0.25) is 5.88 Å². The van der Waals surface area contributed by atoms with Crippen molar-refractivity contribution in [2.45, 2.75) is 76.9 Å². The number of hydrogen-bond acceptors (Lipinski definition) is 10. The Morgan fingerprint density at radius 3 is 2.71 bits per heavy atom. The molecule has 3 aliphatic rings. The Kier molecular flexibility index (Phi) is 10.1. The van der Waals surface area contributed by atoms with Crippen LogP contribution in [0.25, 0.3) is 32.9 Å². The number of likely N-dealkylation sites (tertiary alicyclic amines) is 1. The van der Waals surface area contributed by atoms with E-state index in [2.05, 4.69) is 20.8 Å². The molecule has 0 bridgehead atoms. The van der Waals surface area contributed by atoms with E-state index >= 15 is 4.39 Å². The molecule has 2 N–H and O–H groups in total. The maximum absolute atomic E-state index is 17.1. The molecule has 2 aliphatic heterocycles. The first-order chi connectivity index (χ1) is 24.8. The number of ether oxygens (including phenoxy) is 3. The number of unbranched alkanes of at least 4 members (excludes halogenated alkanes) is 1. The zero-order valence-electron chi connectivity index (χ0n) is 29.3. The highest BCUT2D eigenvalue weighted by atomic mass is 19.1. The monoisotopic (exact) mass is 701 g/mol. The molecule has 2 saturated heterocycles. The van der Waals surface area contributed by atoms with Crippen molar-refractivity contribution in [3.8, 4) is 41.2 Å². The Morgan fingerprint density at radius 2 is 1.96 bits per heavy atom. The molecule has 10 nitrogen and oxygen atoms in total. The summed E-state index contributed by atoms with van der Waals surface area (Å²) in [5, 5.41) is 22.0. The molecule has 7 rings (SSSR count). The van der Waals surface area contributed by atoms with E-state index in [4.69, 9.17) is 25.6 Å². The number of benzene rings is 2. The lowest BCUT2D eigenvalue weighted by atomic mass is 9.75. The first-order valence-corrected chi connectivity index (χ1v) is 18.0. The molecule has 4 heterocycles. The van der Waals surface area contributed by atoms with E-state index in [-0.39, 0.29) is 68.1 Å². The van der Waals surface area contributed by atoms with Crippen LogP contribution >= 0.6 is 0 Å². The van der Waals surface area contributed by atoms with Gasteiger partial charge in [-0.1, -0.05) is 31.8 Å². The van der Waals surface area contributed by atoms with E-state index in [1.54, 1.807) is 4.90 Å². The highest BCUT2D eigenvalue weighted by Gasteiger charge is 2.49. The Morgan fingerprint density at radius 1 is 1.12 bits per heavy atom. The summed E-state index contributed by atoms with van der Waals surface area (Å²) >= 11 is 0. The zero-order valence-corrected chi connectivity index (χ0v) is 29.3. The predicted molar refractivity (Wildman–Crippen MR) is 191 cm³/mol. The lowest BCUT2D eigenvalue weighted by Gasteiger charge is -2.46. The first-order valence-electron chi connectivity index (χ1n) is 18.0. The molecule has 270 valence electrons. The first kappa shape index (κ1) is 35.1. The van der Waals surface area contributed by atoms with E-state index in [1.807, 2.05) is 6.92 Å². The van der Waals surface area contributed by atoms with Crippen LogP contribution in [-0.2, 0) is 4.74 Å². The molecule has 3 unspecified atom stereocenters. The SMILES string of the molecule is C#Cc1c(F)ccc2cc(O)cc(-c3nc(OC)c4c(N(CO)CCCC)nc(OCC56CCCC5N(CC5CCCO5)CCC6)nc4c3F)c12. The molecular weight excluding hydrogens is 656 g/mol. The Balaban J connectivity index is 1.35. The molecule has 2 aromatic carbocycles. The molecule has 0 amide bonds. The number of aromatic hydroxyl groups is 1. The summed E-state index contributed by atoms with van der Waals surface area (Å²) < 4.78 is 50.3. The fourth-order valence-corrected chi connectivity index (χ4v) is 8.56. The van der Waals surface area contributed by atoms with Crippen LogP contribution in [0.3, 0.4) is 0 Å². The van der Waals surface area contributed by atoms with Crippen LogP contribution in [0.15, 0.2) is 24.3 Å². The van der Waals surface area contributed by atoms with Crippen LogP contribution in [0.2, 0.25) is 0 Å².